The van der Waals surface area contributed by atoms with Crippen molar-refractivity contribution in [1.29, 1.82) is 0 Å². The van der Waals surface area contributed by atoms with Crippen LogP contribution in [0.1, 0.15) is 16.9 Å². The van der Waals surface area contributed by atoms with Gasteiger partial charge in [-0.3, -0.25) is 4.79 Å². The summed E-state index contributed by atoms with van der Waals surface area (Å²) in [5, 5.41) is 17.4. The highest BCUT2D eigenvalue weighted by Crippen LogP contribution is 2.28. The molecule has 30 heavy (non-hydrogen) atoms. The highest BCUT2D eigenvalue weighted by atomic mass is 32.2. The van der Waals surface area contributed by atoms with E-state index >= 15 is 0 Å². The maximum absolute atomic E-state index is 12.3. The van der Waals surface area contributed by atoms with E-state index in [0.29, 0.717) is 16.8 Å². The first kappa shape index (κ1) is 20.6. The van der Waals surface area contributed by atoms with Crippen molar-refractivity contribution in [3.63, 3.8) is 0 Å². The standard InChI is InChI=1S/C20H19N5O2S3/c1-12-5-6-14(8-13(12)2)16-10-28-19(22-16)23-17(26)11-29-20-25-24-18(30-20)21-9-15-4-3-7-27-15/h3-8,10H,9,11H2,1-2H3,(H,21,24)(H,22,23,26). The molecule has 2 N–H and O–H groups in total. The number of aromatic nitrogens is 3. The molecule has 0 atom stereocenters. The fraction of sp³-hybridized carbons (Fsp3) is 0.200. The summed E-state index contributed by atoms with van der Waals surface area (Å²) in [4.78, 5) is 16.8. The van der Waals surface area contributed by atoms with Crippen LogP contribution < -0.4 is 10.6 Å². The van der Waals surface area contributed by atoms with Gasteiger partial charge >= 0.3 is 0 Å². The lowest BCUT2D eigenvalue weighted by atomic mass is 10.1. The average molecular weight is 458 g/mol. The van der Waals surface area contributed by atoms with Gasteiger partial charge in [-0.15, -0.1) is 21.5 Å². The fourth-order valence-electron chi connectivity index (χ4n) is 2.56. The Labute approximate surface area is 186 Å². The van der Waals surface area contributed by atoms with Crippen molar-refractivity contribution in [3.8, 4) is 11.3 Å². The van der Waals surface area contributed by atoms with Crippen molar-refractivity contribution < 1.29 is 9.21 Å². The van der Waals surface area contributed by atoms with E-state index in [-0.39, 0.29) is 11.7 Å². The molecule has 3 aromatic heterocycles. The van der Waals surface area contributed by atoms with Crippen molar-refractivity contribution in [3.05, 3.63) is 58.9 Å². The van der Waals surface area contributed by atoms with Crippen LogP contribution in [0.5, 0.6) is 0 Å². The normalized spacial score (nSPS) is 10.9. The van der Waals surface area contributed by atoms with E-state index < -0.39 is 0 Å². The van der Waals surface area contributed by atoms with E-state index in [1.54, 1.807) is 6.26 Å². The number of aryl methyl sites for hydroxylation is 2. The summed E-state index contributed by atoms with van der Waals surface area (Å²) in [6.45, 7) is 4.70. The molecule has 154 valence electrons. The topological polar surface area (TPSA) is 92.9 Å². The zero-order chi connectivity index (χ0) is 20.9. The second-order valence-electron chi connectivity index (χ2n) is 6.48. The average Bonchev–Trinajstić information content (AvgIpc) is 3.49. The van der Waals surface area contributed by atoms with Gasteiger partial charge in [-0.05, 0) is 43.2 Å². The number of benzene rings is 1. The monoisotopic (exact) mass is 457 g/mol. The van der Waals surface area contributed by atoms with Gasteiger partial charge in [-0.25, -0.2) is 4.98 Å². The predicted molar refractivity (Wildman–Crippen MR) is 122 cm³/mol. The fourth-order valence-corrected chi connectivity index (χ4v) is 4.85. The number of furan rings is 1. The Bertz CT molecular complexity index is 1140. The zero-order valence-corrected chi connectivity index (χ0v) is 18.8. The van der Waals surface area contributed by atoms with Gasteiger partial charge < -0.3 is 15.1 Å². The summed E-state index contributed by atoms with van der Waals surface area (Å²) in [7, 11) is 0. The molecule has 0 fully saturated rings. The molecule has 4 aromatic rings. The molecule has 0 aliphatic heterocycles. The number of carbonyl (C=O) groups is 1. The van der Waals surface area contributed by atoms with E-state index in [1.807, 2.05) is 23.6 Å². The number of carbonyl (C=O) groups excluding carboxylic acids is 1. The molecule has 0 saturated carbocycles. The lowest BCUT2D eigenvalue weighted by Crippen LogP contribution is -2.13. The highest BCUT2D eigenvalue weighted by Gasteiger charge is 2.11. The van der Waals surface area contributed by atoms with Crippen LogP contribution in [-0.2, 0) is 11.3 Å². The largest absolute Gasteiger partial charge is 0.467 e. The molecule has 0 bridgehead atoms. The van der Waals surface area contributed by atoms with E-state index in [9.17, 15) is 4.79 Å². The first-order chi connectivity index (χ1) is 14.6. The summed E-state index contributed by atoms with van der Waals surface area (Å²) in [6.07, 6.45) is 1.63. The third-order valence-corrected chi connectivity index (χ3v) is 7.05. The number of hydrogen-bond acceptors (Lipinski definition) is 9. The van der Waals surface area contributed by atoms with E-state index in [1.165, 1.54) is 45.6 Å². The lowest BCUT2D eigenvalue weighted by molar-refractivity contribution is -0.113. The Morgan fingerprint density at radius 3 is 2.87 bits per heavy atom. The molecule has 10 heteroatoms. The van der Waals surface area contributed by atoms with Crippen molar-refractivity contribution in [2.75, 3.05) is 16.4 Å². The number of rotatable bonds is 8. The molecule has 0 aliphatic rings. The second-order valence-corrected chi connectivity index (χ2v) is 9.54. The van der Waals surface area contributed by atoms with Gasteiger partial charge in [0.25, 0.3) is 0 Å². The summed E-state index contributed by atoms with van der Waals surface area (Å²) in [5.74, 6) is 0.939. The summed E-state index contributed by atoms with van der Waals surface area (Å²) < 4.78 is 5.99. The minimum absolute atomic E-state index is 0.124. The Hall–Kier alpha value is -2.69. The quantitative estimate of drug-likeness (QED) is 0.351. The number of thiazole rings is 1. The minimum Gasteiger partial charge on any atom is -0.467 e. The summed E-state index contributed by atoms with van der Waals surface area (Å²) in [6, 6.07) is 9.96. The first-order valence-electron chi connectivity index (χ1n) is 9.12. The zero-order valence-electron chi connectivity index (χ0n) is 16.3. The number of hydrogen-bond donors (Lipinski definition) is 2. The van der Waals surface area contributed by atoms with Crippen LogP contribution in [-0.4, -0.2) is 26.8 Å². The summed E-state index contributed by atoms with van der Waals surface area (Å²) >= 11 is 4.16. The van der Waals surface area contributed by atoms with Gasteiger partial charge in [-0.1, -0.05) is 35.2 Å². The molecule has 7 nitrogen and oxygen atoms in total. The van der Waals surface area contributed by atoms with Crippen molar-refractivity contribution >= 4 is 50.6 Å². The van der Waals surface area contributed by atoms with Crippen molar-refractivity contribution in [2.24, 2.45) is 0 Å². The van der Waals surface area contributed by atoms with E-state index in [0.717, 1.165) is 21.4 Å². The molecule has 0 saturated heterocycles. The van der Waals surface area contributed by atoms with Gasteiger partial charge in [0.15, 0.2) is 9.47 Å². The number of anilines is 2. The molecule has 3 heterocycles. The van der Waals surface area contributed by atoms with E-state index in [2.05, 4.69) is 51.8 Å². The predicted octanol–water partition coefficient (Wildman–Crippen LogP) is 5.21. The van der Waals surface area contributed by atoms with Crippen LogP contribution >= 0.6 is 34.4 Å². The van der Waals surface area contributed by atoms with Gasteiger partial charge in [0.1, 0.15) is 5.76 Å². The maximum atomic E-state index is 12.3. The maximum Gasteiger partial charge on any atom is 0.236 e. The molecule has 1 amide bonds. The van der Waals surface area contributed by atoms with E-state index in [4.69, 9.17) is 4.42 Å². The number of thioether (sulfide) groups is 1. The van der Waals surface area contributed by atoms with Gasteiger partial charge in [0.2, 0.25) is 11.0 Å². The lowest BCUT2D eigenvalue weighted by Gasteiger charge is -2.02. The molecular formula is C20H19N5O2S3. The Morgan fingerprint density at radius 1 is 1.17 bits per heavy atom. The Kier molecular flexibility index (Phi) is 6.46. The summed E-state index contributed by atoms with van der Waals surface area (Å²) in [5.41, 5.74) is 4.38. The molecule has 4 rings (SSSR count). The van der Waals surface area contributed by atoms with Crippen LogP contribution in [0.15, 0.2) is 50.7 Å². The van der Waals surface area contributed by atoms with Crippen LogP contribution in [0.4, 0.5) is 10.3 Å². The smallest absolute Gasteiger partial charge is 0.236 e. The number of nitrogens with zero attached hydrogens (tertiary/aromatic N) is 3. The molecule has 0 spiro atoms. The van der Waals surface area contributed by atoms with Gasteiger partial charge in [0.05, 0.1) is 24.3 Å². The molecule has 0 radical (unpaired) electrons. The minimum atomic E-state index is -0.124. The third-order valence-electron chi connectivity index (χ3n) is 4.28. The Balaban J connectivity index is 1.27. The van der Waals surface area contributed by atoms with Crippen LogP contribution in [0.3, 0.4) is 0 Å². The van der Waals surface area contributed by atoms with Gasteiger partial charge in [0, 0.05) is 10.9 Å². The SMILES string of the molecule is Cc1ccc(-c2csc(NC(=O)CSc3nnc(NCc4ccco4)s3)n2)cc1C. The molecular weight excluding hydrogens is 438 g/mol. The second kappa shape index (κ2) is 9.41. The number of nitrogens with one attached hydrogen (secondary N) is 2. The first-order valence-corrected chi connectivity index (χ1v) is 11.8. The number of amides is 1. The molecule has 1 aromatic carbocycles. The van der Waals surface area contributed by atoms with Crippen LogP contribution in [0.25, 0.3) is 11.3 Å². The van der Waals surface area contributed by atoms with Gasteiger partial charge in [-0.2, -0.15) is 0 Å². The third kappa shape index (κ3) is 5.26. The van der Waals surface area contributed by atoms with Crippen molar-refractivity contribution in [2.45, 2.75) is 24.7 Å². The van der Waals surface area contributed by atoms with Crippen LogP contribution in [0, 0.1) is 13.8 Å². The Morgan fingerprint density at radius 2 is 2.07 bits per heavy atom. The highest BCUT2D eigenvalue weighted by molar-refractivity contribution is 8.01. The molecule has 0 aliphatic carbocycles. The molecule has 0 unspecified atom stereocenters. The van der Waals surface area contributed by atoms with Crippen LogP contribution in [0.2, 0.25) is 0 Å². The van der Waals surface area contributed by atoms with Crippen molar-refractivity contribution in [1.82, 2.24) is 15.2 Å².